The van der Waals surface area contributed by atoms with E-state index in [0.717, 1.165) is 12.8 Å². The van der Waals surface area contributed by atoms with E-state index in [1.807, 2.05) is 0 Å². The Hall–Kier alpha value is -1.14. The molecular formula is C14H26O6. The summed E-state index contributed by atoms with van der Waals surface area (Å²) in [5.74, 6) is -0.663. The van der Waals surface area contributed by atoms with Crippen molar-refractivity contribution in [2.45, 2.75) is 52.4 Å². The zero-order valence-electron chi connectivity index (χ0n) is 12.5. The molecule has 0 aliphatic rings. The Balaban J connectivity index is 3.26. The van der Waals surface area contributed by atoms with Gasteiger partial charge in [0.25, 0.3) is 0 Å². The van der Waals surface area contributed by atoms with Crippen molar-refractivity contribution in [3.05, 3.63) is 0 Å². The highest BCUT2D eigenvalue weighted by Gasteiger charge is 2.06. The molecule has 0 aromatic rings. The highest BCUT2D eigenvalue weighted by Crippen LogP contribution is 2.03. The summed E-state index contributed by atoms with van der Waals surface area (Å²) in [6.45, 7) is 5.58. The van der Waals surface area contributed by atoms with Gasteiger partial charge in [0.15, 0.2) is 0 Å². The molecule has 0 aliphatic carbocycles. The fraction of sp³-hybridized carbons (Fsp3) is 0.857. The zero-order valence-corrected chi connectivity index (χ0v) is 12.5. The van der Waals surface area contributed by atoms with Crippen LogP contribution in [0.15, 0.2) is 0 Å². The minimum Gasteiger partial charge on any atom is -0.466 e. The van der Waals surface area contributed by atoms with Crippen molar-refractivity contribution in [3.8, 4) is 0 Å². The Bertz CT molecular complexity index is 254. The van der Waals surface area contributed by atoms with Crippen LogP contribution in [0.2, 0.25) is 0 Å². The highest BCUT2D eigenvalue weighted by atomic mass is 17.2. The van der Waals surface area contributed by atoms with Gasteiger partial charge in [0.1, 0.15) is 6.61 Å². The Morgan fingerprint density at radius 1 is 0.850 bits per heavy atom. The molecule has 0 saturated heterocycles. The normalized spacial score (nSPS) is 10.3. The topological polar surface area (TPSA) is 71.1 Å². The maximum atomic E-state index is 11.2. The molecule has 0 amide bonds. The summed E-state index contributed by atoms with van der Waals surface area (Å²) in [7, 11) is 0. The lowest BCUT2D eigenvalue weighted by Crippen LogP contribution is -2.10. The van der Waals surface area contributed by atoms with Gasteiger partial charge in [-0.25, -0.2) is 4.79 Å². The molecule has 0 unspecified atom stereocenters. The predicted molar refractivity (Wildman–Crippen MR) is 72.9 cm³/mol. The van der Waals surface area contributed by atoms with Crippen molar-refractivity contribution in [2.24, 2.45) is 0 Å². The molecule has 0 spiro atoms. The van der Waals surface area contributed by atoms with Gasteiger partial charge in [-0.1, -0.05) is 13.3 Å². The maximum absolute atomic E-state index is 11.2. The molecule has 0 saturated carbocycles. The van der Waals surface area contributed by atoms with Crippen LogP contribution in [0.1, 0.15) is 52.4 Å². The zero-order chi connectivity index (χ0) is 15.1. The van der Waals surface area contributed by atoms with E-state index in [2.05, 4.69) is 11.8 Å². The summed E-state index contributed by atoms with van der Waals surface area (Å²) in [6.07, 6.45) is 3.84. The third-order valence-electron chi connectivity index (χ3n) is 2.42. The molecule has 0 atom stereocenters. The SMILES string of the molecule is CCCCOCCOOC(=O)CCCCC(=O)OCC. The van der Waals surface area contributed by atoms with Gasteiger partial charge in [-0.3, -0.25) is 9.68 Å². The lowest BCUT2D eigenvalue weighted by atomic mass is 10.2. The first kappa shape index (κ1) is 18.9. The van der Waals surface area contributed by atoms with Crippen LogP contribution in [-0.2, 0) is 28.8 Å². The van der Waals surface area contributed by atoms with Gasteiger partial charge in [0, 0.05) is 19.4 Å². The lowest BCUT2D eigenvalue weighted by molar-refractivity contribution is -0.276. The lowest BCUT2D eigenvalue weighted by Gasteiger charge is -2.05. The smallest absolute Gasteiger partial charge is 0.342 e. The summed E-state index contributed by atoms with van der Waals surface area (Å²) in [5, 5.41) is 0. The molecule has 0 radical (unpaired) electrons. The third-order valence-corrected chi connectivity index (χ3v) is 2.42. The minimum absolute atomic E-state index is 0.232. The van der Waals surface area contributed by atoms with Crippen LogP contribution in [0.3, 0.4) is 0 Å². The summed E-state index contributed by atoms with van der Waals surface area (Å²) in [5.41, 5.74) is 0. The summed E-state index contributed by atoms with van der Waals surface area (Å²) >= 11 is 0. The average Bonchev–Trinajstić information content (AvgIpc) is 2.43. The van der Waals surface area contributed by atoms with E-state index in [0.29, 0.717) is 39.1 Å². The second kappa shape index (κ2) is 14.3. The minimum atomic E-state index is -0.428. The first-order valence-electron chi connectivity index (χ1n) is 7.26. The van der Waals surface area contributed by atoms with Crippen LogP contribution >= 0.6 is 0 Å². The molecule has 0 rings (SSSR count). The van der Waals surface area contributed by atoms with E-state index in [1.165, 1.54) is 0 Å². The maximum Gasteiger partial charge on any atom is 0.342 e. The van der Waals surface area contributed by atoms with Crippen LogP contribution < -0.4 is 0 Å². The van der Waals surface area contributed by atoms with Crippen LogP contribution in [0.25, 0.3) is 0 Å². The molecule has 0 aromatic heterocycles. The molecular weight excluding hydrogens is 264 g/mol. The van der Waals surface area contributed by atoms with Crippen LogP contribution in [0.5, 0.6) is 0 Å². The second-order valence-electron chi connectivity index (χ2n) is 4.26. The summed E-state index contributed by atoms with van der Waals surface area (Å²) < 4.78 is 10.0. The van der Waals surface area contributed by atoms with Crippen LogP contribution in [0.4, 0.5) is 0 Å². The van der Waals surface area contributed by atoms with Crippen LogP contribution in [0, 0.1) is 0 Å². The van der Waals surface area contributed by atoms with Gasteiger partial charge < -0.3 is 9.47 Å². The van der Waals surface area contributed by atoms with E-state index in [4.69, 9.17) is 14.4 Å². The monoisotopic (exact) mass is 290 g/mol. The van der Waals surface area contributed by atoms with Crippen molar-refractivity contribution < 1.29 is 28.8 Å². The van der Waals surface area contributed by atoms with Crippen molar-refractivity contribution in [1.82, 2.24) is 0 Å². The molecule has 0 N–H and O–H groups in total. The molecule has 6 nitrogen and oxygen atoms in total. The second-order valence-corrected chi connectivity index (χ2v) is 4.26. The summed E-state index contributed by atoms with van der Waals surface area (Å²) in [6, 6.07) is 0. The molecule has 0 aliphatic heterocycles. The third kappa shape index (κ3) is 13.3. The Morgan fingerprint density at radius 3 is 2.20 bits per heavy atom. The number of unbranched alkanes of at least 4 members (excludes halogenated alkanes) is 2. The van der Waals surface area contributed by atoms with Gasteiger partial charge in [-0.2, -0.15) is 4.89 Å². The van der Waals surface area contributed by atoms with Gasteiger partial charge in [0.05, 0.1) is 13.2 Å². The van der Waals surface area contributed by atoms with E-state index >= 15 is 0 Å². The quantitative estimate of drug-likeness (QED) is 0.224. The summed E-state index contributed by atoms with van der Waals surface area (Å²) in [4.78, 5) is 31.6. The fourth-order valence-electron chi connectivity index (χ4n) is 1.36. The number of esters is 1. The number of hydrogen-bond donors (Lipinski definition) is 0. The number of carbonyl (C=O) groups is 2. The Morgan fingerprint density at radius 2 is 1.55 bits per heavy atom. The first-order valence-corrected chi connectivity index (χ1v) is 7.26. The Kier molecular flexibility index (Phi) is 13.5. The molecule has 0 fully saturated rings. The average molecular weight is 290 g/mol. The van der Waals surface area contributed by atoms with Gasteiger partial charge in [-0.15, -0.1) is 0 Å². The van der Waals surface area contributed by atoms with Crippen molar-refractivity contribution >= 4 is 11.9 Å². The number of carbonyl (C=O) groups excluding carboxylic acids is 2. The number of hydrogen-bond acceptors (Lipinski definition) is 6. The predicted octanol–water partition coefficient (Wildman–Crippen LogP) is 2.40. The van der Waals surface area contributed by atoms with E-state index in [-0.39, 0.29) is 19.0 Å². The van der Waals surface area contributed by atoms with Crippen molar-refractivity contribution in [1.29, 1.82) is 0 Å². The molecule has 118 valence electrons. The first-order chi connectivity index (χ1) is 9.70. The van der Waals surface area contributed by atoms with E-state index in [9.17, 15) is 9.59 Å². The largest absolute Gasteiger partial charge is 0.466 e. The fourth-order valence-corrected chi connectivity index (χ4v) is 1.36. The van der Waals surface area contributed by atoms with Gasteiger partial charge in [-0.05, 0) is 26.2 Å². The van der Waals surface area contributed by atoms with Gasteiger partial charge in [0.2, 0.25) is 0 Å². The van der Waals surface area contributed by atoms with E-state index < -0.39 is 5.97 Å². The molecule has 20 heavy (non-hydrogen) atoms. The highest BCUT2D eigenvalue weighted by molar-refractivity contribution is 5.70. The van der Waals surface area contributed by atoms with Crippen molar-refractivity contribution in [3.63, 3.8) is 0 Å². The molecule has 6 heteroatoms. The Labute approximate surface area is 120 Å². The molecule has 0 aromatic carbocycles. The van der Waals surface area contributed by atoms with E-state index in [1.54, 1.807) is 6.92 Å². The number of rotatable bonds is 13. The van der Waals surface area contributed by atoms with Gasteiger partial charge >= 0.3 is 11.9 Å². The molecule has 0 heterocycles. The molecule has 0 bridgehead atoms. The number of ether oxygens (including phenoxy) is 2. The standard InChI is InChI=1S/C14H26O6/c1-3-5-10-17-11-12-19-20-14(16)9-7-6-8-13(15)18-4-2/h3-12H2,1-2H3. The van der Waals surface area contributed by atoms with Crippen molar-refractivity contribution in [2.75, 3.05) is 26.4 Å². The van der Waals surface area contributed by atoms with Crippen LogP contribution in [-0.4, -0.2) is 38.4 Å².